The number of methoxy groups -OCH3 is 1. The number of hydrogen-bond donors (Lipinski definition) is 4. The number of ether oxygens (including phenoxy) is 1. The Balaban J connectivity index is 0.000000111. The molecule has 0 bridgehead atoms. The van der Waals surface area contributed by atoms with Crippen LogP contribution in [-0.2, 0) is 84.7 Å². The minimum Gasteiger partial charge on any atom is -0.497 e. The molecule has 4 aromatic carbocycles. The molecule has 20 rings (SSSR count). The summed E-state index contributed by atoms with van der Waals surface area (Å²) >= 11 is 5.98. The molecule has 26 heteroatoms. The lowest BCUT2D eigenvalue weighted by molar-refractivity contribution is -0.137. The van der Waals surface area contributed by atoms with Gasteiger partial charge in [-0.1, -0.05) is 60.1 Å². The monoisotopic (exact) mass is 1610 g/mol. The first kappa shape index (κ1) is 79.3. The number of fused-ring (bicyclic) bond motifs is 20. The van der Waals surface area contributed by atoms with Gasteiger partial charge in [0.2, 0.25) is 0 Å². The number of nitrogens with zero attached hydrogens (tertiary/aromatic N) is 12. The van der Waals surface area contributed by atoms with E-state index in [2.05, 4.69) is 53.2 Å². The van der Waals surface area contributed by atoms with Crippen LogP contribution in [-0.4, -0.2) is 138 Å². The SMILES string of the molecule is COc1ccc(C(O)Cn2c3c(c4nc(CF)ccc42)C2CCCN2CC3)cc1.OC(Cn1c2c(c3nc(CF)ccc31)C1CCCN1CC2)c1ccc(C(F)(F)F)cc1.OC(Cn1c2c(c3nc(CF)ccc31)C1CCCN1CC2)c1ccc(Cl)cc1.OC(Cn1c2c(c3nc(CF)ccc31)C1CCCN1CC2)c1ccc(F)cc1. The van der Waals surface area contributed by atoms with Gasteiger partial charge in [-0.3, -0.25) is 19.6 Å². The van der Waals surface area contributed by atoms with E-state index in [9.17, 15) is 55.5 Å². The summed E-state index contributed by atoms with van der Waals surface area (Å²) in [5, 5.41) is 44.1. The van der Waals surface area contributed by atoms with Gasteiger partial charge in [-0.2, -0.15) is 13.2 Å². The van der Waals surface area contributed by atoms with E-state index in [0.717, 1.165) is 201 Å². The molecule has 8 aromatic heterocycles. The smallest absolute Gasteiger partial charge is 0.416 e. The van der Waals surface area contributed by atoms with Crippen LogP contribution in [0.1, 0.15) is 196 Å². The Bertz CT molecular complexity index is 5360. The topological polar surface area (TPSA) is 174 Å². The first-order valence-corrected chi connectivity index (χ1v) is 41.0. The Morgan fingerprint density at radius 2 is 0.647 bits per heavy atom. The van der Waals surface area contributed by atoms with Crippen molar-refractivity contribution in [3.05, 3.63) is 252 Å². The van der Waals surface area contributed by atoms with Gasteiger partial charge in [0.05, 0.1) is 130 Å². The van der Waals surface area contributed by atoms with Gasteiger partial charge in [0.25, 0.3) is 0 Å². The molecule has 16 heterocycles. The molecular weight excluding hydrogens is 1520 g/mol. The maximum Gasteiger partial charge on any atom is 0.416 e. The van der Waals surface area contributed by atoms with E-state index in [1.54, 1.807) is 55.6 Å². The maximum atomic E-state index is 13.3. The predicted molar refractivity (Wildman–Crippen MR) is 429 cm³/mol. The highest BCUT2D eigenvalue weighted by molar-refractivity contribution is 6.30. The fourth-order valence-electron chi connectivity index (χ4n) is 19.8. The van der Waals surface area contributed by atoms with Crippen molar-refractivity contribution < 1.29 is 60.3 Å². The fraction of sp³-hybridized carbons (Fsp3) is 0.422. The van der Waals surface area contributed by atoms with E-state index in [0.29, 0.717) is 76.7 Å². The summed E-state index contributed by atoms with van der Waals surface area (Å²) in [5.74, 6) is 0.457. The Kier molecular flexibility index (Phi) is 23.0. The van der Waals surface area contributed by atoms with E-state index in [-0.39, 0.29) is 18.4 Å². The number of pyridine rings is 4. The summed E-state index contributed by atoms with van der Waals surface area (Å²) in [6.07, 6.45) is 5.15. The number of rotatable bonds is 17. The maximum absolute atomic E-state index is 13.3. The molecule has 4 N–H and O–H groups in total. The number of aromatic nitrogens is 8. The zero-order valence-corrected chi connectivity index (χ0v) is 65.5. The molecular formula is C90H95ClF8N12O5. The lowest BCUT2D eigenvalue weighted by Crippen LogP contribution is -2.31. The van der Waals surface area contributed by atoms with E-state index in [4.69, 9.17) is 16.3 Å². The van der Waals surface area contributed by atoms with Crippen LogP contribution in [0.2, 0.25) is 5.02 Å². The second-order valence-electron chi connectivity index (χ2n) is 31.9. The van der Waals surface area contributed by atoms with Gasteiger partial charge >= 0.3 is 6.18 Å². The van der Waals surface area contributed by atoms with E-state index < -0.39 is 62.9 Å². The van der Waals surface area contributed by atoms with Gasteiger partial charge in [-0.05, 0) is 197 Å². The molecule has 4 saturated heterocycles. The second-order valence-corrected chi connectivity index (χ2v) is 32.4. The quantitative estimate of drug-likeness (QED) is 0.0635. The summed E-state index contributed by atoms with van der Waals surface area (Å²) in [6, 6.07) is 41.4. The number of halogens is 9. The van der Waals surface area contributed by atoms with Crippen molar-refractivity contribution in [3.63, 3.8) is 0 Å². The lowest BCUT2D eigenvalue weighted by Gasteiger charge is -2.31. The molecule has 8 atom stereocenters. The van der Waals surface area contributed by atoms with Gasteiger partial charge < -0.3 is 43.4 Å². The molecule has 0 aliphatic carbocycles. The molecule has 0 radical (unpaired) electrons. The molecule has 17 nitrogen and oxygen atoms in total. The van der Waals surface area contributed by atoms with E-state index in [1.165, 1.54) is 70.9 Å². The van der Waals surface area contributed by atoms with Crippen LogP contribution in [0.15, 0.2) is 146 Å². The normalized spacial score (nSPS) is 20.2. The average molecular weight is 1610 g/mol. The zero-order valence-electron chi connectivity index (χ0n) is 64.7. The summed E-state index contributed by atoms with van der Waals surface area (Å²) < 4.78 is 119. The van der Waals surface area contributed by atoms with Crippen LogP contribution < -0.4 is 4.74 Å². The number of hydrogen-bond acceptors (Lipinski definition) is 13. The molecule has 8 unspecified atom stereocenters. The van der Waals surface area contributed by atoms with E-state index >= 15 is 0 Å². The van der Waals surface area contributed by atoms with Crippen molar-refractivity contribution in [2.75, 3.05) is 59.5 Å². The molecule has 0 amide bonds. The van der Waals surface area contributed by atoms with Crippen molar-refractivity contribution in [1.29, 1.82) is 0 Å². The van der Waals surface area contributed by atoms with Gasteiger partial charge in [0.15, 0.2) is 0 Å². The van der Waals surface area contributed by atoms with Crippen LogP contribution in [0.3, 0.4) is 0 Å². The first-order chi connectivity index (χ1) is 56.4. The number of benzene rings is 4. The average Bonchev–Trinajstić information content (AvgIpc) is 1.60. The van der Waals surface area contributed by atoms with Gasteiger partial charge in [-0.25, -0.2) is 41.9 Å². The third-order valence-corrected chi connectivity index (χ3v) is 25.6. The number of aliphatic hydroxyl groups excluding tert-OH is 4. The highest BCUT2D eigenvalue weighted by atomic mass is 35.5. The molecule has 8 aliphatic heterocycles. The molecule has 116 heavy (non-hydrogen) atoms. The van der Waals surface area contributed by atoms with Crippen LogP contribution in [0.4, 0.5) is 35.1 Å². The van der Waals surface area contributed by atoms with Crippen molar-refractivity contribution in [1.82, 2.24) is 57.8 Å². The van der Waals surface area contributed by atoms with Crippen LogP contribution in [0.25, 0.3) is 44.1 Å². The van der Waals surface area contributed by atoms with E-state index in [1.807, 2.05) is 65.2 Å². The molecule has 0 saturated carbocycles. The largest absolute Gasteiger partial charge is 0.497 e. The third kappa shape index (κ3) is 15.4. The molecule has 4 fully saturated rings. The first-order valence-electron chi connectivity index (χ1n) is 40.6. The summed E-state index contributed by atoms with van der Waals surface area (Å²) in [4.78, 5) is 28.5. The van der Waals surface area contributed by atoms with Gasteiger partial charge in [0, 0.05) is 126 Å². The Morgan fingerprint density at radius 1 is 0.379 bits per heavy atom. The highest BCUT2D eigenvalue weighted by Gasteiger charge is 2.42. The van der Waals surface area contributed by atoms with Crippen molar-refractivity contribution >= 4 is 55.7 Å². The lowest BCUT2D eigenvalue weighted by atomic mass is 9.98. The second kappa shape index (κ2) is 33.7. The third-order valence-electron chi connectivity index (χ3n) is 25.4. The fourth-order valence-corrected chi connectivity index (χ4v) is 20.0. The van der Waals surface area contributed by atoms with Gasteiger partial charge in [-0.15, -0.1) is 0 Å². The van der Waals surface area contributed by atoms with Crippen LogP contribution in [0, 0.1) is 5.82 Å². The van der Waals surface area contributed by atoms with Gasteiger partial charge in [0.1, 0.15) is 38.3 Å². The standard InChI is InChI=1S/C23H23F4N3O.C23H26FN3O2.C22H23ClFN3O.C22H23F2N3O/c24-12-16-7-8-19-22(28-16)21-17-2-1-10-29(17)11-9-18(21)30(19)13-20(31)14-3-5-15(6-4-14)23(25,26)27;1-29-17-7-4-15(5-8-17)21(28)14-27-19-10-12-26-11-2-3-18(26)22(19)23-20(27)9-6-16(13-24)25-23;23-15-5-3-14(4-6-15)20(28)13-27-18-9-11-26-10-1-2-17(26)21(18)22-19(27)8-7-16(12-24)25-22;23-12-16-7-8-19-22(25-16)21-17-2-1-10-26(17)11-9-18(21)27(19)13-20(28)14-3-5-15(24)6-4-14/h3-8,17,20,31H,1-2,9-13H2;4-9,18,21,28H,2-3,10-14H2,1H3;2*3-8,17,20,28H,1-2,9-13H2. The minimum absolute atomic E-state index is 0.209. The van der Waals surface area contributed by atoms with Crippen molar-refractivity contribution in [2.24, 2.45) is 0 Å². The van der Waals surface area contributed by atoms with Crippen LogP contribution in [0.5, 0.6) is 5.75 Å². The molecule has 0 spiro atoms. The Labute approximate surface area is 672 Å². The number of aliphatic hydroxyl groups is 4. The summed E-state index contributed by atoms with van der Waals surface area (Å²) in [6.45, 7) is 7.50. The Hall–Kier alpha value is -9.15. The summed E-state index contributed by atoms with van der Waals surface area (Å²) in [5.41, 5.74) is 20.7. The minimum atomic E-state index is -4.41. The highest BCUT2D eigenvalue weighted by Crippen LogP contribution is 2.48. The predicted octanol–water partition coefficient (Wildman–Crippen LogP) is 17.5. The number of alkyl halides is 7. The zero-order chi connectivity index (χ0) is 80.2. The molecule has 12 aromatic rings. The Morgan fingerprint density at radius 3 is 0.914 bits per heavy atom. The van der Waals surface area contributed by atoms with Crippen molar-refractivity contribution in [3.8, 4) is 5.75 Å². The molecule has 608 valence electrons. The summed E-state index contributed by atoms with van der Waals surface area (Å²) in [7, 11) is 1.63. The van der Waals surface area contributed by atoms with Crippen molar-refractivity contribution in [2.45, 2.75) is 185 Å². The van der Waals surface area contributed by atoms with Crippen LogP contribution >= 0.6 is 11.6 Å². The molecule has 8 aliphatic rings.